The summed E-state index contributed by atoms with van der Waals surface area (Å²) in [5.41, 5.74) is -0.431. The van der Waals surface area contributed by atoms with Crippen LogP contribution in [0.25, 0.3) is 0 Å². The Morgan fingerprint density at radius 3 is 2.10 bits per heavy atom. The van der Waals surface area contributed by atoms with Crippen molar-refractivity contribution in [2.24, 2.45) is 0 Å². The molecule has 9 heteroatoms. The molecule has 0 atom stereocenters. The number of likely N-dealkylation sites (N-methyl/N-ethyl adjacent to an activating group) is 1. The van der Waals surface area contributed by atoms with Crippen LogP contribution in [0, 0.1) is 0 Å². The van der Waals surface area contributed by atoms with Gasteiger partial charge in [0.15, 0.2) is 0 Å². The minimum Gasteiger partial charge on any atom is -0.468 e. The van der Waals surface area contributed by atoms with E-state index in [1.807, 2.05) is 11.9 Å². The van der Waals surface area contributed by atoms with Crippen molar-refractivity contribution in [3.05, 3.63) is 29.8 Å². The van der Waals surface area contributed by atoms with E-state index < -0.39 is 17.8 Å². The van der Waals surface area contributed by atoms with Crippen molar-refractivity contribution in [3.8, 4) is 0 Å². The molecule has 0 radical (unpaired) electrons. The Balaban J connectivity index is 2.00. The topological polar surface area (TPSA) is 70.7 Å². The lowest BCUT2D eigenvalue weighted by Gasteiger charge is -2.14. The maximum Gasteiger partial charge on any atom is 0.416 e. The van der Waals surface area contributed by atoms with Crippen LogP contribution in [0.1, 0.15) is 50.5 Å². The Morgan fingerprint density at radius 2 is 1.53 bits per heavy atom. The van der Waals surface area contributed by atoms with Crippen molar-refractivity contribution in [2.45, 2.75) is 51.1 Å². The van der Waals surface area contributed by atoms with Crippen LogP contribution < -0.4 is 10.6 Å². The number of unbranched alkanes of at least 4 members (excludes halogenated alkanes) is 6. The maximum absolute atomic E-state index is 12.5. The van der Waals surface area contributed by atoms with Crippen LogP contribution in [0.3, 0.4) is 0 Å². The van der Waals surface area contributed by atoms with Gasteiger partial charge in [-0.05, 0) is 50.7 Å². The summed E-state index contributed by atoms with van der Waals surface area (Å²) in [4.78, 5) is 24.8. The molecule has 170 valence electrons. The van der Waals surface area contributed by atoms with Gasteiger partial charge in [-0.25, -0.2) is 4.79 Å². The van der Waals surface area contributed by atoms with Crippen LogP contribution >= 0.6 is 0 Å². The van der Waals surface area contributed by atoms with Crippen molar-refractivity contribution in [2.75, 3.05) is 39.1 Å². The second-order valence-corrected chi connectivity index (χ2v) is 7.24. The third-order valence-electron chi connectivity index (χ3n) is 4.60. The molecular weight excluding hydrogens is 399 g/mol. The first-order chi connectivity index (χ1) is 14.2. The fourth-order valence-corrected chi connectivity index (χ4v) is 2.87. The molecule has 0 aliphatic heterocycles. The summed E-state index contributed by atoms with van der Waals surface area (Å²) >= 11 is 0. The van der Waals surface area contributed by atoms with Crippen molar-refractivity contribution >= 4 is 17.7 Å². The van der Waals surface area contributed by atoms with Crippen LogP contribution in [0.4, 0.5) is 23.7 Å². The van der Waals surface area contributed by atoms with Gasteiger partial charge in [-0.15, -0.1) is 0 Å². The van der Waals surface area contributed by atoms with E-state index in [4.69, 9.17) is 0 Å². The van der Waals surface area contributed by atoms with Gasteiger partial charge in [-0.3, -0.25) is 9.69 Å². The number of ether oxygens (including phenoxy) is 1. The highest BCUT2D eigenvalue weighted by atomic mass is 19.4. The summed E-state index contributed by atoms with van der Waals surface area (Å²) < 4.78 is 42.1. The number of hydrogen-bond donors (Lipinski definition) is 2. The second kappa shape index (κ2) is 13.8. The van der Waals surface area contributed by atoms with Crippen molar-refractivity contribution in [1.82, 2.24) is 10.2 Å². The summed E-state index contributed by atoms with van der Waals surface area (Å²) in [7, 11) is 3.29. The Kier molecular flexibility index (Phi) is 11.9. The number of hydrogen-bond acceptors (Lipinski definition) is 4. The SMILES string of the molecule is COC(=O)CN(C)CCCCCCCCCNC(=O)Nc1ccc(C(F)(F)F)cc1. The minimum absolute atomic E-state index is 0.223. The van der Waals surface area contributed by atoms with Gasteiger partial charge >= 0.3 is 18.2 Å². The standard InChI is InChI=1S/C21H32F3N3O3/c1-27(16-19(28)30-2)15-9-7-5-3-4-6-8-14-25-20(29)26-18-12-10-17(11-13-18)21(22,23)24/h10-13H,3-9,14-16H2,1-2H3,(H2,25,26,29). The van der Waals surface area contributed by atoms with Crippen LogP contribution in [-0.4, -0.2) is 50.7 Å². The summed E-state index contributed by atoms with van der Waals surface area (Å²) in [5, 5.41) is 5.22. The Bertz CT molecular complexity index is 637. The number of alkyl halides is 3. The van der Waals surface area contributed by atoms with Crippen molar-refractivity contribution in [1.29, 1.82) is 0 Å². The van der Waals surface area contributed by atoms with E-state index in [1.165, 1.54) is 19.2 Å². The predicted molar refractivity (Wildman–Crippen MR) is 110 cm³/mol. The van der Waals surface area contributed by atoms with Gasteiger partial charge in [0.1, 0.15) is 0 Å². The lowest BCUT2D eigenvalue weighted by atomic mass is 10.1. The minimum atomic E-state index is -4.39. The number of anilines is 1. The summed E-state index contributed by atoms with van der Waals surface area (Å²) in [6.45, 7) is 1.70. The molecule has 6 nitrogen and oxygen atoms in total. The average Bonchev–Trinajstić information content (AvgIpc) is 2.69. The lowest BCUT2D eigenvalue weighted by Crippen LogP contribution is -2.29. The first-order valence-corrected chi connectivity index (χ1v) is 10.2. The highest BCUT2D eigenvalue weighted by molar-refractivity contribution is 5.89. The highest BCUT2D eigenvalue weighted by Gasteiger charge is 2.29. The average molecular weight is 431 g/mol. The molecular formula is C21H32F3N3O3. The Labute approximate surface area is 176 Å². The predicted octanol–water partition coefficient (Wildman–Crippen LogP) is 4.66. The molecule has 30 heavy (non-hydrogen) atoms. The molecule has 2 N–H and O–H groups in total. The van der Waals surface area contributed by atoms with E-state index in [0.29, 0.717) is 18.8 Å². The number of carbonyl (C=O) groups excluding carboxylic acids is 2. The zero-order valence-electron chi connectivity index (χ0n) is 17.7. The van der Waals surface area contributed by atoms with Gasteiger partial charge in [0.2, 0.25) is 0 Å². The smallest absolute Gasteiger partial charge is 0.416 e. The van der Waals surface area contributed by atoms with E-state index in [0.717, 1.165) is 63.6 Å². The molecule has 0 aliphatic carbocycles. The molecule has 1 rings (SSSR count). The van der Waals surface area contributed by atoms with Gasteiger partial charge in [-0.2, -0.15) is 13.2 Å². The molecule has 2 amide bonds. The zero-order valence-corrected chi connectivity index (χ0v) is 17.7. The number of nitrogens with one attached hydrogen (secondary N) is 2. The largest absolute Gasteiger partial charge is 0.468 e. The van der Waals surface area contributed by atoms with E-state index in [9.17, 15) is 22.8 Å². The number of halogens is 3. The second-order valence-electron chi connectivity index (χ2n) is 7.24. The van der Waals surface area contributed by atoms with Gasteiger partial charge in [0.25, 0.3) is 0 Å². The molecule has 0 bridgehead atoms. The van der Waals surface area contributed by atoms with E-state index in [1.54, 1.807) is 0 Å². The summed E-state index contributed by atoms with van der Waals surface area (Å²) in [5.74, 6) is -0.223. The molecule has 0 aliphatic rings. The maximum atomic E-state index is 12.5. The molecule has 0 unspecified atom stereocenters. The first kappa shape index (κ1) is 25.7. The quantitative estimate of drug-likeness (QED) is 0.352. The Morgan fingerprint density at radius 1 is 0.967 bits per heavy atom. The summed E-state index contributed by atoms with van der Waals surface area (Å²) in [6.07, 6.45) is 2.96. The van der Waals surface area contributed by atoms with E-state index >= 15 is 0 Å². The zero-order chi connectivity index (χ0) is 22.4. The number of urea groups is 1. The highest BCUT2D eigenvalue weighted by Crippen LogP contribution is 2.29. The fraction of sp³-hybridized carbons (Fsp3) is 0.619. The van der Waals surface area contributed by atoms with Crippen LogP contribution in [0.5, 0.6) is 0 Å². The Hall–Kier alpha value is -2.29. The number of methoxy groups -OCH3 is 1. The number of esters is 1. The van der Waals surface area contributed by atoms with Crippen molar-refractivity contribution in [3.63, 3.8) is 0 Å². The molecule has 0 saturated carbocycles. The third kappa shape index (κ3) is 11.6. The van der Waals surface area contributed by atoms with Gasteiger partial charge in [0, 0.05) is 12.2 Å². The molecule has 0 aromatic heterocycles. The van der Waals surface area contributed by atoms with Crippen LogP contribution in [0.2, 0.25) is 0 Å². The lowest BCUT2D eigenvalue weighted by molar-refractivity contribution is -0.141. The van der Waals surface area contributed by atoms with Crippen LogP contribution in [-0.2, 0) is 15.7 Å². The van der Waals surface area contributed by atoms with Crippen LogP contribution in [0.15, 0.2) is 24.3 Å². The molecule has 0 saturated heterocycles. The number of rotatable bonds is 13. The first-order valence-electron chi connectivity index (χ1n) is 10.2. The van der Waals surface area contributed by atoms with Gasteiger partial charge in [-0.1, -0.05) is 32.1 Å². The molecule has 1 aromatic rings. The monoisotopic (exact) mass is 431 g/mol. The molecule has 0 heterocycles. The molecule has 0 spiro atoms. The van der Waals surface area contributed by atoms with E-state index in [-0.39, 0.29) is 5.97 Å². The fourth-order valence-electron chi connectivity index (χ4n) is 2.87. The van der Waals surface area contributed by atoms with Gasteiger partial charge in [0.05, 0.1) is 19.2 Å². The number of amides is 2. The molecule has 1 aromatic carbocycles. The number of nitrogens with zero attached hydrogens (tertiary/aromatic N) is 1. The molecule has 0 fully saturated rings. The van der Waals surface area contributed by atoms with Crippen molar-refractivity contribution < 1.29 is 27.5 Å². The summed E-state index contributed by atoms with van der Waals surface area (Å²) in [6, 6.07) is 3.91. The van der Waals surface area contributed by atoms with E-state index in [2.05, 4.69) is 15.4 Å². The third-order valence-corrected chi connectivity index (χ3v) is 4.60. The number of carbonyl (C=O) groups is 2. The number of benzene rings is 1. The van der Waals surface area contributed by atoms with Gasteiger partial charge < -0.3 is 15.4 Å². The normalized spacial score (nSPS) is 11.4.